The van der Waals surface area contributed by atoms with E-state index < -0.39 is 5.82 Å². The van der Waals surface area contributed by atoms with E-state index in [0.717, 1.165) is 25.9 Å². The minimum atomic E-state index is -0.508. The molecule has 3 saturated heterocycles. The molecular weight excluding hydrogens is 325 g/mol. The molecule has 1 aromatic heterocycles. The smallest absolute Gasteiger partial charge is 0.311 e. The Hall–Kier alpha value is -2.41. The summed E-state index contributed by atoms with van der Waals surface area (Å²) in [6.45, 7) is 4.33. The maximum Gasteiger partial charge on any atom is 0.311 e. The van der Waals surface area contributed by atoms with Crippen LogP contribution in [0.1, 0.15) is 30.5 Å². The molecule has 5 rings (SSSR count). The van der Waals surface area contributed by atoms with E-state index >= 15 is 0 Å². The van der Waals surface area contributed by atoms with Gasteiger partial charge in [0, 0.05) is 12.1 Å². The molecule has 3 aliphatic heterocycles. The maximum absolute atomic E-state index is 13.6. The van der Waals surface area contributed by atoms with Crippen LogP contribution in [0.4, 0.5) is 4.39 Å². The van der Waals surface area contributed by atoms with Gasteiger partial charge in [-0.2, -0.15) is 0 Å². The van der Waals surface area contributed by atoms with Crippen molar-refractivity contribution >= 4 is 5.91 Å². The molecule has 1 aromatic carbocycles. The monoisotopic (exact) mass is 345 g/mol. The summed E-state index contributed by atoms with van der Waals surface area (Å²) in [6, 6.07) is 6.38. The minimum absolute atomic E-state index is 0.0165. The van der Waals surface area contributed by atoms with Gasteiger partial charge in [-0.25, -0.2) is 9.37 Å². The normalized spacial score (nSPS) is 27.9. The van der Waals surface area contributed by atoms with Crippen molar-refractivity contribution in [2.75, 3.05) is 13.1 Å². The first-order valence-corrected chi connectivity index (χ1v) is 8.55. The number of carbonyl (C=O) groups excluding carboxylic acids is 1. The third-order valence-corrected chi connectivity index (χ3v) is 5.20. The van der Waals surface area contributed by atoms with Crippen molar-refractivity contribution in [1.29, 1.82) is 0 Å². The summed E-state index contributed by atoms with van der Waals surface area (Å²) in [5, 5.41) is 3.04. The molecule has 0 unspecified atom stereocenters. The van der Waals surface area contributed by atoms with E-state index in [2.05, 4.69) is 22.1 Å². The molecule has 2 atom stereocenters. The molecule has 4 heterocycles. The molecule has 3 fully saturated rings. The number of rotatable bonds is 4. The van der Waals surface area contributed by atoms with Crippen molar-refractivity contribution in [2.24, 2.45) is 5.92 Å². The maximum atomic E-state index is 13.6. The van der Waals surface area contributed by atoms with Crippen LogP contribution < -0.4 is 10.1 Å². The summed E-state index contributed by atoms with van der Waals surface area (Å²) in [5.41, 5.74) is 0. The van der Waals surface area contributed by atoms with Gasteiger partial charge >= 0.3 is 11.9 Å². The zero-order valence-corrected chi connectivity index (χ0v) is 13.9. The fourth-order valence-corrected chi connectivity index (χ4v) is 3.81. The SMILES string of the molecule is C[C@H]1[C@H](NC(=O)c2ncc(Oc3ccccc3F)o2)C2CCN1CC2. The largest absolute Gasteiger partial charge is 0.422 e. The van der Waals surface area contributed by atoms with Crippen LogP contribution in [0.15, 0.2) is 34.9 Å². The summed E-state index contributed by atoms with van der Waals surface area (Å²) in [7, 11) is 0. The number of benzene rings is 1. The van der Waals surface area contributed by atoms with Gasteiger partial charge in [-0.05, 0) is 50.9 Å². The molecule has 2 aromatic rings. The Bertz CT molecular complexity index is 768. The molecule has 0 aliphatic carbocycles. The quantitative estimate of drug-likeness (QED) is 0.923. The van der Waals surface area contributed by atoms with Crippen LogP contribution in [0.25, 0.3) is 0 Å². The Labute approximate surface area is 145 Å². The number of piperidine rings is 3. The molecule has 3 aliphatic rings. The van der Waals surface area contributed by atoms with Crippen LogP contribution in [-0.4, -0.2) is 41.0 Å². The highest BCUT2D eigenvalue weighted by Gasteiger charge is 2.40. The first kappa shape index (κ1) is 16.1. The Balaban J connectivity index is 1.43. The fourth-order valence-electron chi connectivity index (χ4n) is 3.81. The lowest BCUT2D eigenvalue weighted by molar-refractivity contribution is 0.0209. The molecule has 6 nitrogen and oxygen atoms in total. The fraction of sp³-hybridized carbons (Fsp3) is 0.444. The number of para-hydroxylation sites is 1. The van der Waals surface area contributed by atoms with E-state index in [1.165, 1.54) is 18.3 Å². The molecule has 0 spiro atoms. The summed E-state index contributed by atoms with van der Waals surface area (Å²) in [4.78, 5) is 18.8. The van der Waals surface area contributed by atoms with E-state index in [1.807, 2.05) is 0 Å². The van der Waals surface area contributed by atoms with Gasteiger partial charge in [0.05, 0.1) is 0 Å². The number of halogens is 1. The molecule has 2 bridgehead atoms. The summed E-state index contributed by atoms with van der Waals surface area (Å²) in [6.07, 6.45) is 3.48. The topological polar surface area (TPSA) is 67.6 Å². The van der Waals surface area contributed by atoms with Gasteiger partial charge < -0.3 is 14.5 Å². The van der Waals surface area contributed by atoms with Gasteiger partial charge in [0.2, 0.25) is 0 Å². The van der Waals surface area contributed by atoms with E-state index in [-0.39, 0.29) is 29.5 Å². The molecule has 25 heavy (non-hydrogen) atoms. The molecule has 1 amide bonds. The molecule has 1 N–H and O–H groups in total. The number of nitrogens with one attached hydrogen (secondary N) is 1. The average Bonchev–Trinajstić information content (AvgIpc) is 3.09. The molecule has 132 valence electrons. The van der Waals surface area contributed by atoms with Gasteiger partial charge in [0.15, 0.2) is 11.6 Å². The number of carbonyl (C=O) groups is 1. The number of oxazole rings is 1. The van der Waals surface area contributed by atoms with Gasteiger partial charge in [-0.15, -0.1) is 0 Å². The van der Waals surface area contributed by atoms with Gasteiger partial charge in [0.1, 0.15) is 6.20 Å². The van der Waals surface area contributed by atoms with Crippen molar-refractivity contribution < 1.29 is 18.3 Å². The highest BCUT2D eigenvalue weighted by Crippen LogP contribution is 2.32. The second-order valence-electron chi connectivity index (χ2n) is 6.63. The van der Waals surface area contributed by atoms with Crippen molar-refractivity contribution in [3.63, 3.8) is 0 Å². The highest BCUT2D eigenvalue weighted by atomic mass is 19.1. The third kappa shape index (κ3) is 3.11. The zero-order chi connectivity index (χ0) is 17.4. The van der Waals surface area contributed by atoms with E-state index in [0.29, 0.717) is 12.0 Å². The summed E-state index contributed by atoms with van der Waals surface area (Å²) in [5.74, 6) is -0.447. The lowest BCUT2D eigenvalue weighted by Gasteiger charge is -2.49. The van der Waals surface area contributed by atoms with Crippen LogP contribution in [0.3, 0.4) is 0 Å². The standard InChI is InChI=1S/C18H20FN3O3/c1-11-16(12-6-8-22(11)9-7-12)21-17(23)18-20-10-15(25-18)24-14-5-3-2-4-13(14)19/h2-5,10-12,16H,6-9H2,1H3,(H,21,23)/t11-,16-/m0/s1. The number of aromatic nitrogens is 1. The first-order chi connectivity index (χ1) is 12.1. The Morgan fingerprint density at radius 3 is 2.84 bits per heavy atom. The van der Waals surface area contributed by atoms with E-state index in [1.54, 1.807) is 12.1 Å². The van der Waals surface area contributed by atoms with E-state index in [9.17, 15) is 9.18 Å². The first-order valence-electron chi connectivity index (χ1n) is 8.55. The number of ether oxygens (including phenoxy) is 1. The number of amides is 1. The van der Waals surface area contributed by atoms with Crippen molar-refractivity contribution in [3.05, 3.63) is 42.2 Å². The van der Waals surface area contributed by atoms with Crippen molar-refractivity contribution in [3.8, 4) is 11.7 Å². The minimum Gasteiger partial charge on any atom is -0.422 e. The summed E-state index contributed by atoms with van der Waals surface area (Å²) < 4.78 is 24.3. The van der Waals surface area contributed by atoms with Crippen LogP contribution in [0, 0.1) is 11.7 Å². The van der Waals surface area contributed by atoms with Gasteiger partial charge in [0.25, 0.3) is 5.89 Å². The van der Waals surface area contributed by atoms with Crippen molar-refractivity contribution in [2.45, 2.75) is 31.8 Å². The molecule has 7 heteroatoms. The molecule has 0 saturated carbocycles. The van der Waals surface area contributed by atoms with Crippen LogP contribution in [0.2, 0.25) is 0 Å². The zero-order valence-electron chi connectivity index (χ0n) is 13.9. The third-order valence-electron chi connectivity index (χ3n) is 5.20. The lowest BCUT2D eigenvalue weighted by atomic mass is 9.79. The van der Waals surface area contributed by atoms with E-state index in [4.69, 9.17) is 9.15 Å². The number of hydrogen-bond acceptors (Lipinski definition) is 5. The molecule has 0 radical (unpaired) electrons. The van der Waals surface area contributed by atoms with Crippen LogP contribution in [-0.2, 0) is 0 Å². The van der Waals surface area contributed by atoms with Crippen LogP contribution >= 0.6 is 0 Å². The molecular formula is C18H20FN3O3. The highest BCUT2D eigenvalue weighted by molar-refractivity contribution is 5.90. The van der Waals surface area contributed by atoms with Gasteiger partial charge in [-0.1, -0.05) is 12.1 Å². The second kappa shape index (κ2) is 6.48. The number of hydrogen-bond donors (Lipinski definition) is 1. The average molecular weight is 345 g/mol. The van der Waals surface area contributed by atoms with Crippen LogP contribution in [0.5, 0.6) is 11.7 Å². The predicted molar refractivity (Wildman–Crippen MR) is 88.0 cm³/mol. The Morgan fingerprint density at radius 1 is 1.36 bits per heavy atom. The number of fused-ring (bicyclic) bond motifs is 3. The second-order valence-corrected chi connectivity index (χ2v) is 6.63. The summed E-state index contributed by atoms with van der Waals surface area (Å²) >= 11 is 0. The Morgan fingerprint density at radius 2 is 2.12 bits per heavy atom. The Kier molecular flexibility index (Phi) is 4.17. The lowest BCUT2D eigenvalue weighted by Crippen LogP contribution is -2.62. The number of nitrogens with zero attached hydrogens (tertiary/aromatic N) is 2. The van der Waals surface area contributed by atoms with Crippen molar-refractivity contribution in [1.82, 2.24) is 15.2 Å². The predicted octanol–water partition coefficient (Wildman–Crippen LogP) is 2.82. The van der Waals surface area contributed by atoms with Gasteiger partial charge in [-0.3, -0.25) is 9.69 Å².